The first kappa shape index (κ1) is 18.8. The summed E-state index contributed by atoms with van der Waals surface area (Å²) in [6.45, 7) is 4.19. The Labute approximate surface area is 165 Å². The molecule has 2 aromatic rings. The summed E-state index contributed by atoms with van der Waals surface area (Å²) in [4.78, 5) is 28.2. The molecule has 1 amide bonds. The summed E-state index contributed by atoms with van der Waals surface area (Å²) in [5.41, 5.74) is 0.876. The molecule has 6 nitrogen and oxygen atoms in total. The predicted molar refractivity (Wildman–Crippen MR) is 107 cm³/mol. The first-order chi connectivity index (χ1) is 13.5. The Kier molecular flexibility index (Phi) is 5.04. The molecule has 148 valence electrons. The molecule has 1 heterocycles. The lowest BCUT2D eigenvalue weighted by molar-refractivity contribution is -0.124. The van der Waals surface area contributed by atoms with E-state index >= 15 is 0 Å². The number of carbonyl (C=O) groups is 1. The minimum absolute atomic E-state index is 0.00948. The number of fused-ring (bicyclic) bond motifs is 2. The molecule has 4 unspecified atom stereocenters. The Morgan fingerprint density at radius 1 is 1.29 bits per heavy atom. The van der Waals surface area contributed by atoms with Crippen molar-refractivity contribution < 1.29 is 4.79 Å². The summed E-state index contributed by atoms with van der Waals surface area (Å²) >= 11 is 0. The van der Waals surface area contributed by atoms with Gasteiger partial charge in [0.15, 0.2) is 11.5 Å². The molecule has 1 aromatic heterocycles. The van der Waals surface area contributed by atoms with E-state index in [4.69, 9.17) is 0 Å². The zero-order valence-corrected chi connectivity index (χ0v) is 16.6. The number of aromatic nitrogens is 3. The van der Waals surface area contributed by atoms with Crippen molar-refractivity contribution in [3.8, 4) is 11.4 Å². The predicted octanol–water partition coefficient (Wildman–Crippen LogP) is 3.62. The molecule has 0 spiro atoms. The summed E-state index contributed by atoms with van der Waals surface area (Å²) < 4.78 is 0. The van der Waals surface area contributed by atoms with Gasteiger partial charge in [0.1, 0.15) is 0 Å². The highest BCUT2D eigenvalue weighted by atomic mass is 16.2. The SMILES string of the molecule is CCC(NC(=O)CC1(C)CC2CCC1C2)c1nnc(-c2ccccc2)[nH]c1=O. The zero-order chi connectivity index (χ0) is 19.7. The number of rotatable bonds is 6. The van der Waals surface area contributed by atoms with Gasteiger partial charge in [0, 0.05) is 12.0 Å². The maximum atomic E-state index is 12.8. The average Bonchev–Trinajstić information content (AvgIpc) is 3.27. The van der Waals surface area contributed by atoms with E-state index in [2.05, 4.69) is 27.4 Å². The molecular formula is C22H28N4O2. The number of H-pyrrole nitrogens is 1. The van der Waals surface area contributed by atoms with Crippen molar-refractivity contribution in [2.45, 2.75) is 58.4 Å². The zero-order valence-electron chi connectivity index (χ0n) is 16.6. The molecule has 28 heavy (non-hydrogen) atoms. The van der Waals surface area contributed by atoms with Crippen molar-refractivity contribution in [3.63, 3.8) is 0 Å². The Hall–Kier alpha value is -2.50. The first-order valence-electron chi connectivity index (χ1n) is 10.3. The number of aromatic amines is 1. The van der Waals surface area contributed by atoms with Gasteiger partial charge in [-0.1, -0.05) is 50.6 Å². The number of nitrogens with zero attached hydrogens (tertiary/aromatic N) is 2. The molecule has 0 radical (unpaired) electrons. The third kappa shape index (κ3) is 3.60. The van der Waals surface area contributed by atoms with Crippen LogP contribution in [0, 0.1) is 17.3 Å². The molecule has 2 aliphatic rings. The van der Waals surface area contributed by atoms with Crippen molar-refractivity contribution in [2.75, 3.05) is 0 Å². The van der Waals surface area contributed by atoms with Crippen LogP contribution in [0.25, 0.3) is 11.4 Å². The average molecular weight is 380 g/mol. The van der Waals surface area contributed by atoms with E-state index in [1.54, 1.807) is 0 Å². The van der Waals surface area contributed by atoms with Crippen molar-refractivity contribution in [1.82, 2.24) is 20.5 Å². The molecule has 0 aliphatic heterocycles. The Morgan fingerprint density at radius 3 is 2.68 bits per heavy atom. The number of hydrogen-bond donors (Lipinski definition) is 2. The van der Waals surface area contributed by atoms with E-state index in [1.165, 1.54) is 19.3 Å². The second-order valence-corrected chi connectivity index (χ2v) is 8.69. The minimum Gasteiger partial charge on any atom is -0.347 e. The molecule has 2 bridgehead atoms. The van der Waals surface area contributed by atoms with E-state index in [9.17, 15) is 9.59 Å². The molecule has 2 saturated carbocycles. The topological polar surface area (TPSA) is 87.7 Å². The van der Waals surface area contributed by atoms with Crippen molar-refractivity contribution in [2.24, 2.45) is 17.3 Å². The second kappa shape index (κ2) is 7.49. The standard InChI is InChI=1S/C22H28N4O2/c1-3-17(23-18(27)13-22(2)12-14-9-10-16(22)11-14)19-21(28)24-20(26-25-19)15-7-5-4-6-8-15/h4-8,14,16-17H,3,9-13H2,1-2H3,(H,23,27)(H,24,26,28). The monoisotopic (exact) mass is 380 g/mol. The Balaban J connectivity index is 1.46. The van der Waals surface area contributed by atoms with E-state index in [0.717, 1.165) is 17.9 Å². The molecule has 1 aromatic carbocycles. The van der Waals surface area contributed by atoms with Gasteiger partial charge in [0.05, 0.1) is 6.04 Å². The quantitative estimate of drug-likeness (QED) is 0.801. The molecule has 4 rings (SSSR count). The summed E-state index contributed by atoms with van der Waals surface area (Å²) in [5, 5.41) is 11.4. The van der Waals surface area contributed by atoms with Crippen LogP contribution in [-0.2, 0) is 4.79 Å². The molecule has 4 atom stereocenters. The molecule has 0 saturated heterocycles. The van der Waals surface area contributed by atoms with Gasteiger partial charge >= 0.3 is 0 Å². The number of nitrogens with one attached hydrogen (secondary N) is 2. The first-order valence-corrected chi connectivity index (χ1v) is 10.3. The lowest BCUT2D eigenvalue weighted by Crippen LogP contribution is -2.37. The van der Waals surface area contributed by atoms with Gasteiger partial charge in [0.2, 0.25) is 5.91 Å². The van der Waals surface area contributed by atoms with Crippen LogP contribution < -0.4 is 10.9 Å². The Bertz CT molecular complexity index is 910. The lowest BCUT2D eigenvalue weighted by Gasteiger charge is -2.33. The van der Waals surface area contributed by atoms with Crippen LogP contribution in [0.1, 0.15) is 64.1 Å². The second-order valence-electron chi connectivity index (χ2n) is 8.69. The fourth-order valence-electron chi connectivity index (χ4n) is 5.21. The molecular weight excluding hydrogens is 352 g/mol. The Morgan fingerprint density at radius 2 is 2.07 bits per heavy atom. The molecule has 2 N–H and O–H groups in total. The summed E-state index contributed by atoms with van der Waals surface area (Å²) in [6, 6.07) is 8.99. The van der Waals surface area contributed by atoms with Gasteiger partial charge in [-0.15, -0.1) is 10.2 Å². The van der Waals surface area contributed by atoms with Crippen LogP contribution in [0.15, 0.2) is 35.1 Å². The number of benzene rings is 1. The van der Waals surface area contributed by atoms with Crippen LogP contribution in [0.3, 0.4) is 0 Å². The molecule has 6 heteroatoms. The molecule has 2 fully saturated rings. The van der Waals surface area contributed by atoms with Gasteiger partial charge < -0.3 is 10.3 Å². The van der Waals surface area contributed by atoms with Gasteiger partial charge in [0.25, 0.3) is 5.56 Å². The van der Waals surface area contributed by atoms with Crippen molar-refractivity contribution in [3.05, 3.63) is 46.4 Å². The largest absolute Gasteiger partial charge is 0.347 e. The fourth-order valence-corrected chi connectivity index (χ4v) is 5.21. The van der Waals surface area contributed by atoms with Gasteiger partial charge in [-0.05, 0) is 42.9 Å². The summed E-state index contributed by atoms with van der Waals surface area (Å²) in [6.07, 6.45) is 6.10. The summed E-state index contributed by atoms with van der Waals surface area (Å²) in [5.74, 6) is 1.90. The van der Waals surface area contributed by atoms with E-state index in [1.807, 2.05) is 37.3 Å². The highest BCUT2D eigenvalue weighted by molar-refractivity contribution is 5.77. The smallest absolute Gasteiger partial charge is 0.275 e. The molecule has 2 aliphatic carbocycles. The van der Waals surface area contributed by atoms with Crippen LogP contribution in [0.2, 0.25) is 0 Å². The maximum absolute atomic E-state index is 12.8. The van der Waals surface area contributed by atoms with Crippen LogP contribution in [-0.4, -0.2) is 21.1 Å². The van der Waals surface area contributed by atoms with Crippen molar-refractivity contribution >= 4 is 5.91 Å². The normalized spacial score (nSPS) is 26.9. The highest BCUT2D eigenvalue weighted by Crippen LogP contribution is 2.57. The van der Waals surface area contributed by atoms with E-state index in [0.29, 0.717) is 24.6 Å². The van der Waals surface area contributed by atoms with Crippen molar-refractivity contribution in [1.29, 1.82) is 0 Å². The van der Waals surface area contributed by atoms with Gasteiger partial charge in [-0.2, -0.15) is 0 Å². The van der Waals surface area contributed by atoms with Crippen LogP contribution >= 0.6 is 0 Å². The van der Waals surface area contributed by atoms with E-state index in [-0.39, 0.29) is 22.6 Å². The lowest BCUT2D eigenvalue weighted by atomic mass is 9.72. The van der Waals surface area contributed by atoms with Crippen LogP contribution in [0.5, 0.6) is 0 Å². The highest BCUT2D eigenvalue weighted by Gasteiger charge is 2.48. The minimum atomic E-state index is -0.421. The third-order valence-corrected chi connectivity index (χ3v) is 6.69. The van der Waals surface area contributed by atoms with Gasteiger partial charge in [-0.3, -0.25) is 9.59 Å². The van der Waals surface area contributed by atoms with Crippen LogP contribution in [0.4, 0.5) is 0 Å². The third-order valence-electron chi connectivity index (χ3n) is 6.69. The summed E-state index contributed by atoms with van der Waals surface area (Å²) in [7, 11) is 0. The maximum Gasteiger partial charge on any atom is 0.275 e. The van der Waals surface area contributed by atoms with Gasteiger partial charge in [-0.25, -0.2) is 0 Å². The number of amides is 1. The number of carbonyl (C=O) groups excluding carboxylic acids is 1. The fraction of sp³-hybridized carbons (Fsp3) is 0.545. The number of hydrogen-bond acceptors (Lipinski definition) is 4. The van der Waals surface area contributed by atoms with E-state index < -0.39 is 6.04 Å².